The third-order valence-corrected chi connectivity index (χ3v) is 2.69. The smallest absolute Gasteiger partial charge is 0.0648 e. The van der Waals surface area contributed by atoms with E-state index in [0.29, 0.717) is 13.0 Å². The predicted molar refractivity (Wildman–Crippen MR) is 59.2 cm³/mol. The average Bonchev–Trinajstić information content (AvgIpc) is 2.03. The molecule has 0 saturated heterocycles. The molecule has 0 aromatic carbocycles. The summed E-state index contributed by atoms with van der Waals surface area (Å²) >= 11 is 0. The lowest BCUT2D eigenvalue weighted by Crippen LogP contribution is -2.38. The SMILES string of the molecule is CCC(C)(N)CCOC(C)(C)CCO. The first kappa shape index (κ1) is 13.9. The highest BCUT2D eigenvalue weighted by molar-refractivity contribution is 4.77. The number of nitrogens with two attached hydrogens (primary N) is 1. The summed E-state index contributed by atoms with van der Waals surface area (Å²) in [5.74, 6) is 0. The Bertz CT molecular complexity index is 155. The normalized spacial score (nSPS) is 16.7. The maximum atomic E-state index is 8.80. The first-order valence-electron chi connectivity index (χ1n) is 5.37. The van der Waals surface area contributed by atoms with Gasteiger partial charge in [-0.1, -0.05) is 6.92 Å². The lowest BCUT2D eigenvalue weighted by molar-refractivity contribution is -0.0385. The van der Waals surface area contributed by atoms with Crippen LogP contribution in [-0.4, -0.2) is 29.5 Å². The minimum atomic E-state index is -0.238. The minimum Gasteiger partial charge on any atom is -0.396 e. The van der Waals surface area contributed by atoms with Crippen molar-refractivity contribution in [1.82, 2.24) is 0 Å². The molecule has 0 aromatic rings. The van der Waals surface area contributed by atoms with Gasteiger partial charge in [-0.05, 0) is 40.0 Å². The highest BCUT2D eigenvalue weighted by Crippen LogP contribution is 2.17. The maximum Gasteiger partial charge on any atom is 0.0648 e. The molecule has 3 nitrogen and oxygen atoms in total. The van der Waals surface area contributed by atoms with E-state index >= 15 is 0 Å². The molecule has 0 aliphatic heterocycles. The molecular formula is C11H25NO2. The number of ether oxygens (including phenoxy) is 1. The van der Waals surface area contributed by atoms with Gasteiger partial charge in [0.05, 0.1) is 5.60 Å². The molecular weight excluding hydrogens is 178 g/mol. The Morgan fingerprint density at radius 2 is 1.79 bits per heavy atom. The first-order chi connectivity index (χ1) is 6.33. The van der Waals surface area contributed by atoms with Crippen LogP contribution in [0.25, 0.3) is 0 Å². The van der Waals surface area contributed by atoms with Gasteiger partial charge < -0.3 is 15.6 Å². The molecule has 0 spiro atoms. The van der Waals surface area contributed by atoms with Gasteiger partial charge in [0.25, 0.3) is 0 Å². The van der Waals surface area contributed by atoms with Crippen LogP contribution in [0.3, 0.4) is 0 Å². The van der Waals surface area contributed by atoms with Crippen LogP contribution in [0, 0.1) is 0 Å². The van der Waals surface area contributed by atoms with E-state index in [9.17, 15) is 0 Å². The largest absolute Gasteiger partial charge is 0.396 e. The van der Waals surface area contributed by atoms with Crippen LogP contribution in [0.2, 0.25) is 0 Å². The van der Waals surface area contributed by atoms with Gasteiger partial charge in [-0.15, -0.1) is 0 Å². The molecule has 3 heteroatoms. The van der Waals surface area contributed by atoms with Crippen molar-refractivity contribution in [2.24, 2.45) is 5.73 Å². The van der Waals surface area contributed by atoms with Gasteiger partial charge in [-0.25, -0.2) is 0 Å². The van der Waals surface area contributed by atoms with Crippen molar-refractivity contribution in [3.05, 3.63) is 0 Å². The van der Waals surface area contributed by atoms with Crippen molar-refractivity contribution in [1.29, 1.82) is 0 Å². The van der Waals surface area contributed by atoms with E-state index in [2.05, 4.69) is 6.92 Å². The molecule has 0 saturated carbocycles. The predicted octanol–water partition coefficient (Wildman–Crippen LogP) is 1.68. The quantitative estimate of drug-likeness (QED) is 0.662. The number of hydrogen-bond donors (Lipinski definition) is 2. The summed E-state index contributed by atoms with van der Waals surface area (Å²) in [6.45, 7) is 8.93. The zero-order valence-corrected chi connectivity index (χ0v) is 9.97. The Labute approximate surface area is 87.6 Å². The molecule has 3 N–H and O–H groups in total. The summed E-state index contributed by atoms with van der Waals surface area (Å²) in [5, 5.41) is 8.80. The molecule has 0 aromatic heterocycles. The van der Waals surface area contributed by atoms with E-state index in [1.807, 2.05) is 20.8 Å². The average molecular weight is 203 g/mol. The standard InChI is InChI=1S/C11H25NO2/c1-5-11(4,12)7-9-14-10(2,3)6-8-13/h13H,5-9,12H2,1-4H3. The topological polar surface area (TPSA) is 55.5 Å². The van der Waals surface area contributed by atoms with E-state index in [4.69, 9.17) is 15.6 Å². The summed E-state index contributed by atoms with van der Waals surface area (Å²) < 4.78 is 5.67. The van der Waals surface area contributed by atoms with E-state index < -0.39 is 0 Å². The van der Waals surface area contributed by atoms with Crippen molar-refractivity contribution in [2.45, 2.75) is 58.1 Å². The van der Waals surface area contributed by atoms with Gasteiger partial charge in [0.1, 0.15) is 0 Å². The van der Waals surface area contributed by atoms with Crippen molar-refractivity contribution in [3.63, 3.8) is 0 Å². The fourth-order valence-electron chi connectivity index (χ4n) is 1.08. The van der Waals surface area contributed by atoms with Crippen LogP contribution in [-0.2, 0) is 4.74 Å². The molecule has 0 amide bonds. The monoisotopic (exact) mass is 203 g/mol. The maximum absolute atomic E-state index is 8.80. The molecule has 0 aliphatic carbocycles. The number of aliphatic hydroxyl groups excluding tert-OH is 1. The highest BCUT2D eigenvalue weighted by Gasteiger charge is 2.20. The van der Waals surface area contributed by atoms with Crippen molar-refractivity contribution in [2.75, 3.05) is 13.2 Å². The Morgan fingerprint density at radius 3 is 2.21 bits per heavy atom. The fourth-order valence-corrected chi connectivity index (χ4v) is 1.08. The number of aliphatic hydroxyl groups is 1. The zero-order valence-electron chi connectivity index (χ0n) is 9.97. The minimum absolute atomic E-state index is 0.130. The van der Waals surface area contributed by atoms with Gasteiger partial charge in [-0.3, -0.25) is 0 Å². The summed E-state index contributed by atoms with van der Waals surface area (Å²) in [4.78, 5) is 0. The van der Waals surface area contributed by atoms with Crippen molar-refractivity contribution in [3.8, 4) is 0 Å². The molecule has 14 heavy (non-hydrogen) atoms. The van der Waals surface area contributed by atoms with E-state index in [1.54, 1.807) is 0 Å². The summed E-state index contributed by atoms with van der Waals surface area (Å²) in [7, 11) is 0. The summed E-state index contributed by atoms with van der Waals surface area (Å²) in [6.07, 6.45) is 2.48. The second-order valence-electron chi connectivity index (χ2n) is 4.84. The Morgan fingerprint density at radius 1 is 1.21 bits per heavy atom. The lowest BCUT2D eigenvalue weighted by atomic mass is 9.96. The first-order valence-corrected chi connectivity index (χ1v) is 5.37. The molecule has 0 aliphatic rings. The van der Waals surface area contributed by atoms with E-state index in [0.717, 1.165) is 12.8 Å². The van der Waals surface area contributed by atoms with Crippen LogP contribution in [0.1, 0.15) is 47.0 Å². The van der Waals surface area contributed by atoms with Crippen molar-refractivity contribution < 1.29 is 9.84 Å². The molecule has 0 fully saturated rings. The van der Waals surface area contributed by atoms with Crippen LogP contribution in [0.4, 0.5) is 0 Å². The van der Waals surface area contributed by atoms with E-state index in [1.165, 1.54) is 0 Å². The van der Waals surface area contributed by atoms with Gasteiger partial charge in [-0.2, -0.15) is 0 Å². The molecule has 0 radical (unpaired) electrons. The molecule has 1 atom stereocenters. The third-order valence-electron chi connectivity index (χ3n) is 2.69. The molecule has 0 rings (SSSR count). The van der Waals surface area contributed by atoms with Crippen molar-refractivity contribution >= 4 is 0 Å². The lowest BCUT2D eigenvalue weighted by Gasteiger charge is -2.28. The second kappa shape index (κ2) is 5.69. The highest BCUT2D eigenvalue weighted by atomic mass is 16.5. The van der Waals surface area contributed by atoms with E-state index in [-0.39, 0.29) is 17.7 Å². The zero-order chi connectivity index (χ0) is 11.2. The molecule has 1 unspecified atom stereocenters. The Kier molecular flexibility index (Phi) is 5.64. The van der Waals surface area contributed by atoms with Crippen LogP contribution >= 0.6 is 0 Å². The molecule has 0 bridgehead atoms. The van der Waals surface area contributed by atoms with Crippen LogP contribution in [0.15, 0.2) is 0 Å². The molecule has 0 heterocycles. The number of rotatable bonds is 7. The fraction of sp³-hybridized carbons (Fsp3) is 1.00. The van der Waals surface area contributed by atoms with Gasteiger partial charge in [0, 0.05) is 18.8 Å². The Balaban J connectivity index is 3.73. The third kappa shape index (κ3) is 6.35. The summed E-state index contributed by atoms with van der Waals surface area (Å²) in [5.41, 5.74) is 5.62. The summed E-state index contributed by atoms with van der Waals surface area (Å²) in [6, 6.07) is 0. The van der Waals surface area contributed by atoms with Crippen LogP contribution < -0.4 is 5.73 Å². The van der Waals surface area contributed by atoms with Crippen LogP contribution in [0.5, 0.6) is 0 Å². The second-order valence-corrected chi connectivity index (χ2v) is 4.84. The van der Waals surface area contributed by atoms with Gasteiger partial charge >= 0.3 is 0 Å². The van der Waals surface area contributed by atoms with Gasteiger partial charge in [0.15, 0.2) is 0 Å². The van der Waals surface area contributed by atoms with Gasteiger partial charge in [0.2, 0.25) is 0 Å². The molecule has 86 valence electrons. The number of hydrogen-bond acceptors (Lipinski definition) is 3. The Hall–Kier alpha value is -0.120.